The molecule has 0 bridgehead atoms. The fourth-order valence-corrected chi connectivity index (χ4v) is 2.87. The highest BCUT2D eigenvalue weighted by atomic mass is 14.1. The topological polar surface area (TPSA) is 0 Å². The molecule has 1 atom stereocenters. The van der Waals surface area contributed by atoms with Crippen molar-refractivity contribution in [3.63, 3.8) is 0 Å². The maximum absolute atomic E-state index is 2.31. The average molecular weight is 266 g/mol. The minimum Gasteiger partial charge on any atom is -0.0648 e. The second-order valence-corrected chi connectivity index (χ2v) is 5.60. The molecule has 0 amide bonds. The van der Waals surface area contributed by atoms with E-state index in [0.717, 1.165) is 5.92 Å². The van der Waals surface area contributed by atoms with Crippen molar-refractivity contribution in [3.05, 3.63) is 71.8 Å². The molecular formula is C20H26. The highest BCUT2D eigenvalue weighted by molar-refractivity contribution is 5.19. The summed E-state index contributed by atoms with van der Waals surface area (Å²) in [6.07, 6.45) is 7.81. The Morgan fingerprint density at radius 1 is 0.750 bits per heavy atom. The summed E-state index contributed by atoms with van der Waals surface area (Å²) in [6.45, 7) is 2.31. The Hall–Kier alpha value is -1.56. The molecule has 0 aliphatic heterocycles. The van der Waals surface area contributed by atoms with Crippen LogP contribution in [-0.2, 0) is 6.42 Å². The molecule has 2 rings (SSSR count). The Bertz CT molecular complexity index is 458. The third-order valence-electron chi connectivity index (χ3n) is 4.12. The van der Waals surface area contributed by atoms with Gasteiger partial charge in [0.05, 0.1) is 0 Å². The van der Waals surface area contributed by atoms with E-state index in [4.69, 9.17) is 0 Å². The summed E-state index contributed by atoms with van der Waals surface area (Å²) in [5, 5.41) is 0. The molecule has 1 unspecified atom stereocenters. The first kappa shape index (κ1) is 14.8. The number of hydrogen-bond acceptors (Lipinski definition) is 0. The van der Waals surface area contributed by atoms with Crippen LogP contribution in [0.1, 0.15) is 56.1 Å². The Morgan fingerprint density at radius 2 is 1.40 bits per heavy atom. The Balaban J connectivity index is 1.67. The number of hydrogen-bond donors (Lipinski definition) is 0. The zero-order chi connectivity index (χ0) is 14.0. The molecule has 0 N–H and O–H groups in total. The smallest absolute Gasteiger partial charge is 0.0165 e. The number of rotatable bonds is 8. The predicted octanol–water partition coefficient (Wildman–Crippen LogP) is 5.98. The SMILES string of the molecule is CCC(CCCCCc1ccccc1)c1ccccc1. The van der Waals surface area contributed by atoms with E-state index in [1.807, 2.05) is 0 Å². The third kappa shape index (κ3) is 4.85. The van der Waals surface area contributed by atoms with Gasteiger partial charge in [0.15, 0.2) is 0 Å². The van der Waals surface area contributed by atoms with Gasteiger partial charge in [0.25, 0.3) is 0 Å². The van der Waals surface area contributed by atoms with Gasteiger partial charge < -0.3 is 0 Å². The van der Waals surface area contributed by atoms with Crippen LogP contribution in [0.4, 0.5) is 0 Å². The molecule has 2 aromatic carbocycles. The molecule has 0 aromatic heterocycles. The van der Waals surface area contributed by atoms with Crippen molar-refractivity contribution in [2.24, 2.45) is 0 Å². The van der Waals surface area contributed by atoms with Gasteiger partial charge >= 0.3 is 0 Å². The van der Waals surface area contributed by atoms with Gasteiger partial charge in [-0.2, -0.15) is 0 Å². The second-order valence-electron chi connectivity index (χ2n) is 5.60. The molecule has 0 aliphatic carbocycles. The van der Waals surface area contributed by atoms with Gasteiger partial charge in [-0.25, -0.2) is 0 Å². The van der Waals surface area contributed by atoms with Crippen LogP contribution < -0.4 is 0 Å². The zero-order valence-electron chi connectivity index (χ0n) is 12.6. The zero-order valence-corrected chi connectivity index (χ0v) is 12.6. The first-order chi connectivity index (χ1) is 9.90. The maximum Gasteiger partial charge on any atom is -0.0165 e. The second kappa shape index (κ2) is 8.58. The van der Waals surface area contributed by atoms with E-state index in [9.17, 15) is 0 Å². The fourth-order valence-electron chi connectivity index (χ4n) is 2.87. The third-order valence-corrected chi connectivity index (χ3v) is 4.12. The largest absolute Gasteiger partial charge is 0.0648 e. The van der Waals surface area contributed by atoms with Crippen LogP contribution in [0.5, 0.6) is 0 Å². The van der Waals surface area contributed by atoms with Gasteiger partial charge in [0.1, 0.15) is 0 Å². The highest BCUT2D eigenvalue weighted by Crippen LogP contribution is 2.25. The lowest BCUT2D eigenvalue weighted by Gasteiger charge is -2.15. The van der Waals surface area contributed by atoms with Crippen molar-refractivity contribution >= 4 is 0 Å². The number of unbranched alkanes of at least 4 members (excludes halogenated alkanes) is 2. The van der Waals surface area contributed by atoms with E-state index in [2.05, 4.69) is 67.6 Å². The lowest BCUT2D eigenvalue weighted by atomic mass is 9.91. The fraction of sp³-hybridized carbons (Fsp3) is 0.400. The molecule has 0 spiro atoms. The molecule has 0 heterocycles. The molecule has 20 heavy (non-hydrogen) atoms. The molecule has 0 saturated carbocycles. The first-order valence-corrected chi connectivity index (χ1v) is 7.99. The monoisotopic (exact) mass is 266 g/mol. The standard InChI is InChI=1S/C20H26/c1-2-19(20-16-10-5-11-17-20)15-9-4-8-14-18-12-6-3-7-13-18/h3,5-7,10-13,16-17,19H,2,4,8-9,14-15H2,1H3. The minimum atomic E-state index is 0.743. The van der Waals surface area contributed by atoms with E-state index in [1.165, 1.54) is 49.7 Å². The molecule has 0 aliphatic rings. The van der Waals surface area contributed by atoms with Gasteiger partial charge in [-0.3, -0.25) is 0 Å². The van der Waals surface area contributed by atoms with E-state index in [1.54, 1.807) is 0 Å². The predicted molar refractivity (Wildman–Crippen MR) is 88.1 cm³/mol. The van der Waals surface area contributed by atoms with Crippen LogP contribution in [0.2, 0.25) is 0 Å². The van der Waals surface area contributed by atoms with Gasteiger partial charge in [0.2, 0.25) is 0 Å². The van der Waals surface area contributed by atoms with Crippen molar-refractivity contribution in [3.8, 4) is 0 Å². The molecule has 0 fully saturated rings. The molecule has 106 valence electrons. The summed E-state index contributed by atoms with van der Waals surface area (Å²) in [5.41, 5.74) is 2.99. The van der Waals surface area contributed by atoms with Gasteiger partial charge in [-0.05, 0) is 42.7 Å². The van der Waals surface area contributed by atoms with Crippen LogP contribution in [-0.4, -0.2) is 0 Å². The first-order valence-electron chi connectivity index (χ1n) is 7.99. The molecule has 0 heteroatoms. The molecule has 2 aromatic rings. The lowest BCUT2D eigenvalue weighted by Crippen LogP contribution is -1.97. The van der Waals surface area contributed by atoms with Crippen LogP contribution >= 0.6 is 0 Å². The summed E-state index contributed by atoms with van der Waals surface area (Å²) >= 11 is 0. The molecule has 0 nitrogen and oxygen atoms in total. The van der Waals surface area contributed by atoms with Crippen molar-refractivity contribution in [1.82, 2.24) is 0 Å². The van der Waals surface area contributed by atoms with Crippen LogP contribution in [0, 0.1) is 0 Å². The minimum absolute atomic E-state index is 0.743. The average Bonchev–Trinajstić information content (AvgIpc) is 2.53. The Labute approximate surface area is 123 Å². The quantitative estimate of drug-likeness (QED) is 0.515. The van der Waals surface area contributed by atoms with Crippen molar-refractivity contribution in [2.75, 3.05) is 0 Å². The van der Waals surface area contributed by atoms with Crippen molar-refractivity contribution in [2.45, 2.75) is 51.4 Å². The summed E-state index contributed by atoms with van der Waals surface area (Å²) in [6, 6.07) is 21.8. The van der Waals surface area contributed by atoms with E-state index in [0.29, 0.717) is 0 Å². The highest BCUT2D eigenvalue weighted by Gasteiger charge is 2.07. The van der Waals surface area contributed by atoms with Gasteiger partial charge in [-0.15, -0.1) is 0 Å². The van der Waals surface area contributed by atoms with Gasteiger partial charge in [0, 0.05) is 0 Å². The Kier molecular flexibility index (Phi) is 6.37. The van der Waals surface area contributed by atoms with E-state index in [-0.39, 0.29) is 0 Å². The Morgan fingerprint density at radius 3 is 2.05 bits per heavy atom. The molecule has 0 radical (unpaired) electrons. The summed E-state index contributed by atoms with van der Waals surface area (Å²) in [4.78, 5) is 0. The van der Waals surface area contributed by atoms with Crippen LogP contribution in [0.25, 0.3) is 0 Å². The van der Waals surface area contributed by atoms with Crippen molar-refractivity contribution in [1.29, 1.82) is 0 Å². The summed E-state index contributed by atoms with van der Waals surface area (Å²) < 4.78 is 0. The maximum atomic E-state index is 2.31. The molecular weight excluding hydrogens is 240 g/mol. The van der Waals surface area contributed by atoms with Gasteiger partial charge in [-0.1, -0.05) is 80.4 Å². The van der Waals surface area contributed by atoms with Crippen LogP contribution in [0.3, 0.4) is 0 Å². The molecule has 0 saturated heterocycles. The number of aryl methyl sites for hydroxylation is 1. The summed E-state index contributed by atoms with van der Waals surface area (Å²) in [5.74, 6) is 0.743. The van der Waals surface area contributed by atoms with Crippen molar-refractivity contribution < 1.29 is 0 Å². The summed E-state index contributed by atoms with van der Waals surface area (Å²) in [7, 11) is 0. The van der Waals surface area contributed by atoms with Crippen LogP contribution in [0.15, 0.2) is 60.7 Å². The van der Waals surface area contributed by atoms with E-state index < -0.39 is 0 Å². The normalized spacial score (nSPS) is 12.2. The lowest BCUT2D eigenvalue weighted by molar-refractivity contribution is 0.545. The number of benzene rings is 2. The van der Waals surface area contributed by atoms with E-state index >= 15 is 0 Å².